The van der Waals surface area contributed by atoms with E-state index in [-0.39, 0.29) is 56.1 Å². The second-order valence-electron chi connectivity index (χ2n) is 15.9. The van der Waals surface area contributed by atoms with Crippen LogP contribution in [0.3, 0.4) is 0 Å². The number of rotatable bonds is 9. The molecule has 17 nitrogen and oxygen atoms in total. The van der Waals surface area contributed by atoms with E-state index in [1.165, 1.54) is 19.6 Å². The first-order valence-electron chi connectivity index (χ1n) is 21.0. The molecule has 1 unspecified atom stereocenters. The normalized spacial score (nSPS) is 19.6. The van der Waals surface area contributed by atoms with Crippen LogP contribution in [0.5, 0.6) is 0 Å². The number of ether oxygens (including phenoxy) is 4. The van der Waals surface area contributed by atoms with Crippen molar-refractivity contribution >= 4 is 46.9 Å². The summed E-state index contributed by atoms with van der Waals surface area (Å²) in [5.41, 5.74) is 5.13. The highest BCUT2D eigenvalue weighted by molar-refractivity contribution is 5.91. The minimum atomic E-state index is -1.03. The molecule has 4 amide bonds. The second-order valence-corrected chi connectivity index (χ2v) is 15.9. The van der Waals surface area contributed by atoms with E-state index in [0.29, 0.717) is 56.7 Å². The molecular weight excluding hydrogens is 789 g/mol. The summed E-state index contributed by atoms with van der Waals surface area (Å²) in [5.74, 6) is -1.01. The van der Waals surface area contributed by atoms with Crippen molar-refractivity contribution in [2.24, 2.45) is 5.92 Å². The number of nitrogens with zero attached hydrogens (tertiary/aromatic N) is 4. The van der Waals surface area contributed by atoms with Gasteiger partial charge in [0.05, 0.1) is 19.2 Å². The van der Waals surface area contributed by atoms with Gasteiger partial charge in [0.25, 0.3) is 0 Å². The van der Waals surface area contributed by atoms with Gasteiger partial charge in [-0.1, -0.05) is 38.6 Å². The van der Waals surface area contributed by atoms with Crippen LogP contribution in [0, 0.1) is 12.8 Å². The van der Waals surface area contributed by atoms with E-state index >= 15 is 0 Å². The number of aromatic amines is 1. The van der Waals surface area contributed by atoms with Crippen molar-refractivity contribution < 1.29 is 47.3 Å². The van der Waals surface area contributed by atoms with Gasteiger partial charge in [0.2, 0.25) is 12.2 Å². The summed E-state index contributed by atoms with van der Waals surface area (Å²) < 4.78 is 25.0. The summed E-state index contributed by atoms with van der Waals surface area (Å²) >= 11 is 0. The first-order valence-corrected chi connectivity index (χ1v) is 21.0. The molecule has 3 saturated heterocycles. The van der Waals surface area contributed by atoms with Crippen LogP contribution in [0.15, 0.2) is 45.6 Å². The zero-order valence-electron chi connectivity index (χ0n) is 35.2. The lowest BCUT2D eigenvalue weighted by atomic mass is 9.96. The lowest BCUT2D eigenvalue weighted by Gasteiger charge is -2.39. The molecular formula is C44H62N6O11. The molecule has 0 bridgehead atoms. The van der Waals surface area contributed by atoms with Gasteiger partial charge in [0.1, 0.15) is 6.04 Å². The van der Waals surface area contributed by atoms with Crippen LogP contribution in [0.25, 0.3) is 11.1 Å². The molecule has 1 aromatic heterocycles. The number of carbonyl (C=O) groups excluding carboxylic acids is 5. The van der Waals surface area contributed by atoms with E-state index in [2.05, 4.69) is 21.3 Å². The average molecular weight is 851 g/mol. The third-order valence-corrected chi connectivity index (χ3v) is 11.9. The highest BCUT2D eigenvalue weighted by Gasteiger charge is 2.39. The van der Waals surface area contributed by atoms with Crippen molar-refractivity contribution in [3.05, 3.63) is 63.6 Å². The van der Waals surface area contributed by atoms with Crippen molar-refractivity contribution in [3.63, 3.8) is 0 Å². The molecule has 0 saturated carbocycles. The molecule has 2 aromatic carbocycles. The van der Waals surface area contributed by atoms with E-state index in [4.69, 9.17) is 23.4 Å². The van der Waals surface area contributed by atoms with E-state index in [1.807, 2.05) is 54.0 Å². The number of piperidine rings is 2. The third-order valence-electron chi connectivity index (χ3n) is 11.9. The smallest absolute Gasteiger partial charge is 0.453 e. The molecule has 0 radical (unpaired) electrons. The van der Waals surface area contributed by atoms with Gasteiger partial charge < -0.3 is 43.4 Å². The van der Waals surface area contributed by atoms with E-state index < -0.39 is 24.2 Å². The zero-order chi connectivity index (χ0) is 42.9. The van der Waals surface area contributed by atoms with Gasteiger partial charge in [-0.25, -0.2) is 19.2 Å². The first-order chi connectivity index (χ1) is 28.8. The lowest BCUT2D eigenvalue weighted by Crippen LogP contribution is -2.51. The molecule has 0 aliphatic carbocycles. The second kappa shape index (κ2) is 21.3. The number of hydrogen-bond donors (Lipinski definition) is 2. The number of esters is 1. The average Bonchev–Trinajstić information content (AvgIpc) is 3.84. The van der Waals surface area contributed by atoms with Crippen LogP contribution < -0.4 is 11.1 Å². The molecule has 3 fully saturated rings. The highest BCUT2D eigenvalue weighted by Crippen LogP contribution is 2.29. The summed E-state index contributed by atoms with van der Waals surface area (Å²) in [6.45, 7) is 11.2. The Hall–Kier alpha value is -5.58. The standard InChI is InChI=1S/C27H37N3O8.C16H21N3O3.CH4/c1-5-35-27(34)37-18(4)36-25(32)21-7-6-10-30(21)20-8-11-29(12-9-20)24(31)17(3)14-19-13-16(2)23-22(15-19)38-26(33)28-23;1-22-16(21)18-9-7-13(8-10-18)19-11-6-12-4-2-3-5-14(12)17-15(19)20;/h13,15,17-18,20-21H,5-12,14H2,1-4H3,(H,28,33);2-5,13H,6-11H2,1H3,(H,17,20);1H4/t17-,18?,21+;;/m1../s1. The minimum absolute atomic E-state index is 0. The van der Waals surface area contributed by atoms with Crippen LogP contribution in [0.2, 0.25) is 0 Å². The van der Waals surface area contributed by atoms with Crippen molar-refractivity contribution in [1.29, 1.82) is 0 Å². The summed E-state index contributed by atoms with van der Waals surface area (Å²) in [6, 6.07) is 11.7. The Bertz CT molecular complexity index is 2050. The number of benzene rings is 2. The predicted octanol–water partition coefficient (Wildman–Crippen LogP) is 6.07. The molecule has 334 valence electrons. The van der Waals surface area contributed by atoms with Gasteiger partial charge in [-0.15, -0.1) is 0 Å². The van der Waals surface area contributed by atoms with Crippen LogP contribution in [0.1, 0.15) is 83.4 Å². The van der Waals surface area contributed by atoms with Gasteiger partial charge in [-0.05, 0) is 101 Å². The highest BCUT2D eigenvalue weighted by atomic mass is 16.8. The Morgan fingerprint density at radius 2 is 1.57 bits per heavy atom. The Labute approximate surface area is 356 Å². The lowest BCUT2D eigenvalue weighted by molar-refractivity contribution is -0.174. The summed E-state index contributed by atoms with van der Waals surface area (Å²) in [7, 11) is 1.40. The number of para-hydroxylation sites is 1. The SMILES string of the molecule is C.CCOC(=O)OC(C)OC(=O)[C@@H]1CCCN1C1CCN(C(=O)[C@H](C)Cc2cc(C)c3[nH]c(=O)oc3c2)CC1.COC(=O)N1CCC(N2CCc3ccccc3NC2=O)CC1. The maximum Gasteiger partial charge on any atom is 0.511 e. The Kier molecular flexibility index (Phi) is 16.2. The summed E-state index contributed by atoms with van der Waals surface area (Å²) in [5, 5.41) is 3.00. The van der Waals surface area contributed by atoms with Crippen molar-refractivity contribution in [3.8, 4) is 0 Å². The Morgan fingerprint density at radius 1 is 0.885 bits per heavy atom. The molecule has 3 aromatic rings. The third kappa shape index (κ3) is 11.6. The topological polar surface area (TPSA) is 193 Å². The van der Waals surface area contributed by atoms with Gasteiger partial charge in [-0.2, -0.15) is 0 Å². The number of fused-ring (bicyclic) bond motifs is 2. The molecule has 4 aliphatic heterocycles. The van der Waals surface area contributed by atoms with Gasteiger partial charge >= 0.3 is 30.0 Å². The number of oxazole rings is 1. The first kappa shape index (κ1) is 46.5. The van der Waals surface area contributed by atoms with Gasteiger partial charge in [-0.3, -0.25) is 19.5 Å². The molecule has 4 aliphatic rings. The number of aryl methyl sites for hydroxylation is 1. The van der Waals surface area contributed by atoms with Crippen LogP contribution in [-0.2, 0) is 41.4 Å². The van der Waals surface area contributed by atoms with Crippen LogP contribution in [0.4, 0.5) is 20.1 Å². The van der Waals surface area contributed by atoms with Crippen molar-refractivity contribution in [2.75, 3.05) is 58.3 Å². The number of aromatic nitrogens is 1. The van der Waals surface area contributed by atoms with Crippen LogP contribution >= 0.6 is 0 Å². The quantitative estimate of drug-likeness (QED) is 0.144. The molecule has 17 heteroatoms. The fourth-order valence-electron chi connectivity index (χ4n) is 8.84. The molecule has 3 atom stereocenters. The fourth-order valence-corrected chi connectivity index (χ4v) is 8.84. The molecule has 61 heavy (non-hydrogen) atoms. The Morgan fingerprint density at radius 3 is 2.28 bits per heavy atom. The molecule has 7 rings (SSSR count). The van der Waals surface area contributed by atoms with Crippen molar-refractivity contribution in [1.82, 2.24) is 24.6 Å². The summed E-state index contributed by atoms with van der Waals surface area (Å²) in [6.07, 6.45) is 3.93. The predicted molar refractivity (Wildman–Crippen MR) is 227 cm³/mol. The number of H-pyrrole nitrogens is 1. The maximum absolute atomic E-state index is 13.2. The van der Waals surface area contributed by atoms with Gasteiger partial charge in [0.15, 0.2) is 5.58 Å². The van der Waals surface area contributed by atoms with Gasteiger partial charge in [0, 0.05) is 63.3 Å². The number of likely N-dealkylation sites (tertiary alicyclic amines) is 3. The number of urea groups is 1. The number of hydrogen-bond acceptors (Lipinski definition) is 12. The maximum atomic E-state index is 13.2. The molecule has 0 spiro atoms. The monoisotopic (exact) mass is 850 g/mol. The molecule has 2 N–H and O–H groups in total. The number of methoxy groups -OCH3 is 1. The summed E-state index contributed by atoms with van der Waals surface area (Å²) in [4.78, 5) is 83.4. The van der Waals surface area contributed by atoms with E-state index in [1.54, 1.807) is 11.8 Å². The number of amides is 4. The van der Waals surface area contributed by atoms with Crippen LogP contribution in [-0.4, -0.2) is 132 Å². The number of anilines is 1. The number of nitrogens with one attached hydrogen (secondary N) is 2. The minimum Gasteiger partial charge on any atom is -0.453 e. The van der Waals surface area contributed by atoms with Crippen molar-refractivity contribution in [2.45, 2.75) is 111 Å². The Balaban J connectivity index is 0.000000260. The molecule has 5 heterocycles. The zero-order valence-corrected chi connectivity index (χ0v) is 35.2. The number of carbonyl (C=O) groups is 5. The fraction of sp³-hybridized carbons (Fsp3) is 0.591. The van der Waals surface area contributed by atoms with E-state index in [0.717, 1.165) is 61.9 Å². The largest absolute Gasteiger partial charge is 0.511 e. The van der Waals surface area contributed by atoms with E-state index in [9.17, 15) is 28.8 Å².